The largest absolute Gasteiger partial charge is 0.463 e. The quantitative estimate of drug-likeness (QED) is 0.175. The third-order valence-corrected chi connectivity index (χ3v) is 6.71. The van der Waals surface area contributed by atoms with Crippen LogP contribution >= 0.6 is 7.60 Å². The van der Waals surface area contributed by atoms with Crippen molar-refractivity contribution in [3.63, 3.8) is 0 Å². The van der Waals surface area contributed by atoms with Gasteiger partial charge in [0.05, 0.1) is 5.30 Å². The minimum absolute atomic E-state index is 0.0162. The van der Waals surface area contributed by atoms with E-state index in [9.17, 15) is 14.2 Å². The molecule has 174 valence electrons. The van der Waals surface area contributed by atoms with Crippen LogP contribution in [0.2, 0.25) is 0 Å². The third kappa shape index (κ3) is 5.63. The Morgan fingerprint density at radius 3 is 1.59 bits per heavy atom. The smallest absolute Gasteiger partial charge is 0.419 e. The molecule has 34 heavy (non-hydrogen) atoms. The van der Waals surface area contributed by atoms with E-state index >= 15 is 0 Å². The molecular weight excluding hydrogens is 455 g/mol. The van der Waals surface area contributed by atoms with Crippen molar-refractivity contribution < 1.29 is 32.7 Å². The van der Waals surface area contributed by atoms with E-state index in [4.69, 9.17) is 18.5 Å². The summed E-state index contributed by atoms with van der Waals surface area (Å²) in [4.78, 5) is 23.6. The van der Waals surface area contributed by atoms with E-state index in [1.807, 2.05) is 13.0 Å². The summed E-state index contributed by atoms with van der Waals surface area (Å²) in [6.45, 7) is 10.4. The topological polar surface area (TPSA) is 88.1 Å². The number of carbonyl (C=O) groups is 2. The number of aryl methyl sites for hydroxylation is 1. The Morgan fingerprint density at radius 1 is 0.706 bits per heavy atom. The van der Waals surface area contributed by atoms with Crippen molar-refractivity contribution in [2.75, 3.05) is 0 Å². The standard InChI is InChI=1S/C26H23O7P/c1-5-25(27)30-20-13-7-9-15-22(20)32-34(29,24-17-11-12-18(3)19(24)4)33-23-16-10-8-14-21(23)31-26(28)6-2/h5-17H,1-2H2,3-4H3. The summed E-state index contributed by atoms with van der Waals surface area (Å²) in [5.74, 6) is -1.31. The Bertz CT molecular complexity index is 1220. The van der Waals surface area contributed by atoms with E-state index in [2.05, 4.69) is 13.2 Å². The van der Waals surface area contributed by atoms with Crippen LogP contribution in [0, 0.1) is 13.8 Å². The third-order valence-electron chi connectivity index (χ3n) is 4.76. The maximum atomic E-state index is 14.4. The molecule has 0 saturated carbocycles. The van der Waals surface area contributed by atoms with E-state index in [0.717, 1.165) is 17.7 Å². The van der Waals surface area contributed by atoms with E-state index in [1.165, 1.54) is 24.3 Å². The van der Waals surface area contributed by atoms with Crippen LogP contribution in [0.4, 0.5) is 0 Å². The number of para-hydroxylation sites is 4. The molecule has 0 amide bonds. The van der Waals surface area contributed by atoms with Crippen molar-refractivity contribution in [3.05, 3.63) is 103 Å². The molecule has 3 aromatic carbocycles. The van der Waals surface area contributed by atoms with Crippen molar-refractivity contribution in [1.82, 2.24) is 0 Å². The molecule has 0 unspecified atom stereocenters. The molecule has 0 aliphatic carbocycles. The number of ether oxygens (including phenoxy) is 2. The lowest BCUT2D eigenvalue weighted by Gasteiger charge is -2.24. The average molecular weight is 478 g/mol. The van der Waals surface area contributed by atoms with Crippen LogP contribution in [0.1, 0.15) is 11.1 Å². The van der Waals surface area contributed by atoms with Crippen molar-refractivity contribution in [2.45, 2.75) is 13.8 Å². The van der Waals surface area contributed by atoms with Gasteiger partial charge in [-0.05, 0) is 55.3 Å². The molecule has 0 aliphatic heterocycles. The van der Waals surface area contributed by atoms with Crippen molar-refractivity contribution in [1.29, 1.82) is 0 Å². The van der Waals surface area contributed by atoms with Crippen molar-refractivity contribution >= 4 is 24.8 Å². The SMILES string of the molecule is C=CC(=O)Oc1ccccc1OP(=O)(Oc1ccccc1OC(=O)C=C)c1cccc(C)c1C. The first kappa shape index (κ1) is 24.6. The number of benzene rings is 3. The summed E-state index contributed by atoms with van der Waals surface area (Å²) >= 11 is 0. The highest BCUT2D eigenvalue weighted by molar-refractivity contribution is 7.63. The summed E-state index contributed by atoms with van der Waals surface area (Å²) in [5.41, 5.74) is 1.55. The molecule has 0 saturated heterocycles. The van der Waals surface area contributed by atoms with Gasteiger partial charge >= 0.3 is 19.5 Å². The minimum Gasteiger partial charge on any atom is -0.419 e. The second-order valence-corrected chi connectivity index (χ2v) is 8.88. The normalized spacial score (nSPS) is 10.6. The Kier molecular flexibility index (Phi) is 7.71. The van der Waals surface area contributed by atoms with Crippen LogP contribution in [0.5, 0.6) is 23.0 Å². The molecule has 0 heterocycles. The van der Waals surface area contributed by atoms with Gasteiger partial charge in [-0.15, -0.1) is 0 Å². The van der Waals surface area contributed by atoms with E-state index < -0.39 is 19.5 Å². The Morgan fingerprint density at radius 2 is 1.15 bits per heavy atom. The first-order chi connectivity index (χ1) is 16.3. The highest BCUT2D eigenvalue weighted by atomic mass is 31.2. The fourth-order valence-corrected chi connectivity index (χ4v) is 4.84. The molecule has 0 atom stereocenters. The number of rotatable bonds is 9. The van der Waals surface area contributed by atoms with Crippen LogP contribution in [-0.2, 0) is 14.2 Å². The van der Waals surface area contributed by atoms with Crippen LogP contribution in [0.3, 0.4) is 0 Å². The second-order valence-electron chi connectivity index (χ2n) is 7.04. The van der Waals surface area contributed by atoms with E-state index in [0.29, 0.717) is 10.9 Å². The van der Waals surface area contributed by atoms with Gasteiger partial charge in [-0.3, -0.25) is 0 Å². The highest BCUT2D eigenvalue weighted by Crippen LogP contribution is 2.52. The number of carbonyl (C=O) groups excluding carboxylic acids is 2. The van der Waals surface area contributed by atoms with E-state index in [-0.39, 0.29) is 23.0 Å². The monoisotopic (exact) mass is 478 g/mol. The van der Waals surface area contributed by atoms with Crippen LogP contribution in [-0.4, -0.2) is 11.9 Å². The zero-order valence-electron chi connectivity index (χ0n) is 18.7. The zero-order valence-corrected chi connectivity index (χ0v) is 19.6. The lowest BCUT2D eigenvalue weighted by atomic mass is 10.1. The molecular formula is C26H23O7P. The van der Waals surface area contributed by atoms with Gasteiger partial charge in [0.2, 0.25) is 0 Å². The van der Waals surface area contributed by atoms with Crippen LogP contribution < -0.4 is 23.8 Å². The molecule has 7 nitrogen and oxygen atoms in total. The van der Waals surface area contributed by atoms with Gasteiger partial charge < -0.3 is 18.5 Å². The molecule has 3 aromatic rings. The number of hydrogen-bond donors (Lipinski definition) is 0. The Balaban J connectivity index is 2.12. The predicted molar refractivity (Wildman–Crippen MR) is 129 cm³/mol. The summed E-state index contributed by atoms with van der Waals surface area (Å²) in [7, 11) is -4.17. The lowest BCUT2D eigenvalue weighted by molar-refractivity contribution is -0.129. The van der Waals surface area contributed by atoms with Crippen LogP contribution in [0.15, 0.2) is 92.0 Å². The molecule has 0 aromatic heterocycles. The number of esters is 2. The van der Waals surface area contributed by atoms with Gasteiger partial charge in [-0.2, -0.15) is 0 Å². The van der Waals surface area contributed by atoms with Gasteiger partial charge in [-0.1, -0.05) is 49.6 Å². The van der Waals surface area contributed by atoms with E-state index in [1.54, 1.807) is 43.3 Å². The predicted octanol–water partition coefficient (Wildman–Crippen LogP) is 5.46. The first-order valence-corrected chi connectivity index (χ1v) is 11.7. The molecule has 0 N–H and O–H groups in total. The summed E-state index contributed by atoms with van der Waals surface area (Å²) in [6.07, 6.45) is 2.00. The zero-order chi connectivity index (χ0) is 24.7. The molecule has 0 radical (unpaired) electrons. The fourth-order valence-electron chi connectivity index (χ4n) is 2.93. The summed E-state index contributed by atoms with van der Waals surface area (Å²) in [6, 6.07) is 17.7. The van der Waals surface area contributed by atoms with Crippen molar-refractivity contribution in [2.24, 2.45) is 0 Å². The highest BCUT2D eigenvalue weighted by Gasteiger charge is 2.35. The average Bonchev–Trinajstić information content (AvgIpc) is 2.83. The summed E-state index contributed by atoms with van der Waals surface area (Å²) in [5, 5.41) is 0.294. The van der Waals surface area contributed by atoms with Gasteiger partial charge in [0.15, 0.2) is 23.0 Å². The van der Waals surface area contributed by atoms with Crippen molar-refractivity contribution in [3.8, 4) is 23.0 Å². The fraction of sp³-hybridized carbons (Fsp3) is 0.0769. The first-order valence-electron chi connectivity index (χ1n) is 10.2. The molecule has 3 rings (SSSR count). The van der Waals surface area contributed by atoms with Gasteiger partial charge in [0.25, 0.3) is 0 Å². The number of hydrogen-bond acceptors (Lipinski definition) is 7. The molecule has 0 spiro atoms. The van der Waals surface area contributed by atoms with Gasteiger partial charge in [0, 0.05) is 12.2 Å². The molecule has 0 fully saturated rings. The molecule has 8 heteroatoms. The maximum absolute atomic E-state index is 14.4. The summed E-state index contributed by atoms with van der Waals surface area (Å²) < 4.78 is 36.7. The molecule has 0 aliphatic rings. The maximum Gasteiger partial charge on any atom is 0.463 e. The molecule has 0 bridgehead atoms. The Labute approximate surface area is 197 Å². The van der Waals surface area contributed by atoms with Gasteiger partial charge in [-0.25, -0.2) is 14.2 Å². The lowest BCUT2D eigenvalue weighted by Crippen LogP contribution is -2.19. The van der Waals surface area contributed by atoms with Crippen LogP contribution in [0.25, 0.3) is 0 Å². The van der Waals surface area contributed by atoms with Gasteiger partial charge in [0.1, 0.15) is 0 Å². The minimum atomic E-state index is -4.17. The Hall–Kier alpha value is -4.09. The second kappa shape index (κ2) is 10.7.